The standard InChI is InChI=1S/C20H24N4O/c1-13-18(23-24(22-13)17-5-3-2-4-6-17)19(25)21-20-10-14-7-15(11-20)9-16(8-14)12-20/h2-6,14-16H,7-12H2,1H3,(H,21,25). The molecule has 4 aliphatic rings. The summed E-state index contributed by atoms with van der Waals surface area (Å²) in [5.41, 5.74) is 2.03. The van der Waals surface area contributed by atoms with E-state index in [1.807, 2.05) is 37.3 Å². The minimum Gasteiger partial charge on any atom is -0.345 e. The monoisotopic (exact) mass is 336 g/mol. The molecule has 0 spiro atoms. The first kappa shape index (κ1) is 15.1. The van der Waals surface area contributed by atoms with Crippen LogP contribution in [0.3, 0.4) is 0 Å². The summed E-state index contributed by atoms with van der Waals surface area (Å²) in [5, 5.41) is 12.3. The second-order valence-electron chi connectivity index (χ2n) is 8.41. The van der Waals surface area contributed by atoms with E-state index in [2.05, 4.69) is 15.5 Å². The van der Waals surface area contributed by atoms with E-state index in [-0.39, 0.29) is 11.4 Å². The van der Waals surface area contributed by atoms with Crippen molar-refractivity contribution < 1.29 is 4.79 Å². The first-order valence-corrected chi connectivity index (χ1v) is 9.42. The Kier molecular flexibility index (Phi) is 3.27. The zero-order chi connectivity index (χ0) is 17.0. The molecule has 6 rings (SSSR count). The van der Waals surface area contributed by atoms with Crippen molar-refractivity contribution in [1.82, 2.24) is 20.3 Å². The van der Waals surface area contributed by atoms with Gasteiger partial charge in [-0.1, -0.05) is 18.2 Å². The van der Waals surface area contributed by atoms with Crippen LogP contribution in [0.15, 0.2) is 30.3 Å². The number of carbonyl (C=O) groups is 1. The predicted molar refractivity (Wildman–Crippen MR) is 94.5 cm³/mol. The lowest BCUT2D eigenvalue weighted by atomic mass is 9.53. The fourth-order valence-corrected chi connectivity index (χ4v) is 5.83. The normalized spacial score (nSPS) is 32.8. The van der Waals surface area contributed by atoms with E-state index >= 15 is 0 Å². The molecule has 4 saturated carbocycles. The quantitative estimate of drug-likeness (QED) is 0.936. The topological polar surface area (TPSA) is 59.8 Å². The molecule has 1 heterocycles. The summed E-state index contributed by atoms with van der Waals surface area (Å²) in [6.07, 6.45) is 7.57. The number of nitrogens with zero attached hydrogens (tertiary/aromatic N) is 3. The molecule has 5 nitrogen and oxygen atoms in total. The van der Waals surface area contributed by atoms with Crippen molar-refractivity contribution >= 4 is 5.91 Å². The number of aryl methyl sites for hydroxylation is 1. The number of nitrogens with one attached hydrogen (secondary N) is 1. The van der Waals surface area contributed by atoms with Gasteiger partial charge < -0.3 is 5.32 Å². The summed E-state index contributed by atoms with van der Waals surface area (Å²) in [6.45, 7) is 1.86. The van der Waals surface area contributed by atoms with Gasteiger partial charge >= 0.3 is 0 Å². The van der Waals surface area contributed by atoms with E-state index in [0.717, 1.165) is 42.7 Å². The molecule has 0 aliphatic heterocycles. The lowest BCUT2D eigenvalue weighted by Gasteiger charge is -2.56. The smallest absolute Gasteiger partial charge is 0.274 e. The molecular formula is C20H24N4O. The molecule has 1 aromatic heterocycles. The highest BCUT2D eigenvalue weighted by Gasteiger charge is 2.51. The predicted octanol–water partition coefficient (Wildman–Crippen LogP) is 3.27. The molecule has 25 heavy (non-hydrogen) atoms. The van der Waals surface area contributed by atoms with Gasteiger partial charge in [0.2, 0.25) is 0 Å². The molecule has 5 heteroatoms. The zero-order valence-electron chi connectivity index (χ0n) is 14.6. The second kappa shape index (κ2) is 5.41. The van der Waals surface area contributed by atoms with E-state index < -0.39 is 0 Å². The maximum Gasteiger partial charge on any atom is 0.274 e. The molecule has 0 unspecified atom stereocenters. The first-order valence-electron chi connectivity index (χ1n) is 9.42. The average molecular weight is 336 g/mol. The van der Waals surface area contributed by atoms with Gasteiger partial charge in [0.25, 0.3) is 5.91 Å². The van der Waals surface area contributed by atoms with Crippen LogP contribution >= 0.6 is 0 Å². The number of hydrogen-bond donors (Lipinski definition) is 1. The van der Waals surface area contributed by atoms with Gasteiger partial charge in [0, 0.05) is 5.54 Å². The number of amides is 1. The summed E-state index contributed by atoms with van der Waals surface area (Å²) in [5.74, 6) is 2.38. The van der Waals surface area contributed by atoms with Gasteiger partial charge in [0.15, 0.2) is 5.69 Å². The van der Waals surface area contributed by atoms with E-state index in [9.17, 15) is 4.79 Å². The van der Waals surface area contributed by atoms with E-state index in [1.54, 1.807) is 4.80 Å². The minimum absolute atomic E-state index is 0.00873. The minimum atomic E-state index is -0.0540. The number of benzene rings is 1. The van der Waals surface area contributed by atoms with Crippen molar-refractivity contribution in [1.29, 1.82) is 0 Å². The van der Waals surface area contributed by atoms with Crippen LogP contribution in [0.1, 0.15) is 54.7 Å². The lowest BCUT2D eigenvalue weighted by Crippen LogP contribution is -2.59. The van der Waals surface area contributed by atoms with E-state index in [1.165, 1.54) is 19.3 Å². The van der Waals surface area contributed by atoms with Crippen LogP contribution in [-0.4, -0.2) is 26.4 Å². The average Bonchev–Trinajstić information content (AvgIpc) is 2.96. The Balaban J connectivity index is 1.39. The summed E-state index contributed by atoms with van der Waals surface area (Å²) >= 11 is 0. The SMILES string of the molecule is Cc1nn(-c2ccccc2)nc1C(=O)NC12CC3CC(CC(C3)C1)C2. The fourth-order valence-electron chi connectivity index (χ4n) is 5.83. The van der Waals surface area contributed by atoms with Crippen molar-refractivity contribution in [2.75, 3.05) is 0 Å². The number of hydrogen-bond acceptors (Lipinski definition) is 3. The molecule has 2 aromatic rings. The van der Waals surface area contributed by atoms with Gasteiger partial charge in [-0.2, -0.15) is 9.90 Å². The maximum atomic E-state index is 13.0. The van der Waals surface area contributed by atoms with Crippen LogP contribution in [-0.2, 0) is 0 Å². The van der Waals surface area contributed by atoms with Crippen molar-refractivity contribution in [3.63, 3.8) is 0 Å². The molecule has 0 radical (unpaired) electrons. The molecule has 1 aromatic carbocycles. The largest absolute Gasteiger partial charge is 0.345 e. The van der Waals surface area contributed by atoms with E-state index in [0.29, 0.717) is 11.4 Å². The molecule has 4 aliphatic carbocycles. The molecular weight excluding hydrogens is 312 g/mol. The first-order chi connectivity index (χ1) is 12.1. The molecule has 130 valence electrons. The van der Waals surface area contributed by atoms with Crippen LogP contribution in [0.2, 0.25) is 0 Å². The Morgan fingerprint density at radius 2 is 1.64 bits per heavy atom. The molecule has 0 atom stereocenters. The molecule has 1 N–H and O–H groups in total. The van der Waals surface area contributed by atoms with Gasteiger partial charge in [-0.25, -0.2) is 0 Å². The van der Waals surface area contributed by atoms with Crippen LogP contribution in [0, 0.1) is 24.7 Å². The molecule has 4 bridgehead atoms. The summed E-state index contributed by atoms with van der Waals surface area (Å²) < 4.78 is 0. The molecule has 4 fully saturated rings. The Bertz CT molecular complexity index is 775. The van der Waals surface area contributed by atoms with Crippen molar-refractivity contribution in [2.24, 2.45) is 17.8 Å². The Labute approximate surface area is 147 Å². The van der Waals surface area contributed by atoms with Gasteiger partial charge in [-0.3, -0.25) is 4.79 Å². The van der Waals surface area contributed by atoms with Crippen LogP contribution in [0.5, 0.6) is 0 Å². The number of rotatable bonds is 3. The molecule has 0 saturated heterocycles. The third-order valence-corrected chi connectivity index (χ3v) is 6.40. The van der Waals surface area contributed by atoms with Gasteiger partial charge in [0.05, 0.1) is 11.4 Å². The van der Waals surface area contributed by atoms with Gasteiger partial charge in [-0.15, -0.1) is 5.10 Å². The van der Waals surface area contributed by atoms with Crippen LogP contribution in [0.25, 0.3) is 5.69 Å². The highest BCUT2D eigenvalue weighted by molar-refractivity contribution is 5.93. The zero-order valence-corrected chi connectivity index (χ0v) is 14.6. The Hall–Kier alpha value is -2.17. The van der Waals surface area contributed by atoms with Crippen molar-refractivity contribution in [2.45, 2.75) is 51.0 Å². The van der Waals surface area contributed by atoms with Gasteiger partial charge in [-0.05, 0) is 75.3 Å². The summed E-state index contributed by atoms with van der Waals surface area (Å²) in [6, 6.07) is 9.74. The third kappa shape index (κ3) is 2.57. The van der Waals surface area contributed by atoms with E-state index in [4.69, 9.17) is 0 Å². The Morgan fingerprint density at radius 1 is 1.04 bits per heavy atom. The summed E-state index contributed by atoms with van der Waals surface area (Å²) in [7, 11) is 0. The van der Waals surface area contributed by atoms with Crippen LogP contribution < -0.4 is 5.32 Å². The number of carbonyl (C=O) groups excluding carboxylic acids is 1. The summed E-state index contributed by atoms with van der Waals surface area (Å²) in [4.78, 5) is 14.5. The maximum absolute atomic E-state index is 13.0. The number of para-hydroxylation sites is 1. The number of aromatic nitrogens is 3. The fraction of sp³-hybridized carbons (Fsp3) is 0.550. The highest BCUT2D eigenvalue weighted by atomic mass is 16.2. The van der Waals surface area contributed by atoms with Gasteiger partial charge in [0.1, 0.15) is 0 Å². The highest BCUT2D eigenvalue weighted by Crippen LogP contribution is 2.55. The van der Waals surface area contributed by atoms with Crippen molar-refractivity contribution in [3.8, 4) is 5.69 Å². The Morgan fingerprint density at radius 3 is 2.24 bits per heavy atom. The third-order valence-electron chi connectivity index (χ3n) is 6.40. The van der Waals surface area contributed by atoms with Crippen LogP contribution in [0.4, 0.5) is 0 Å². The lowest BCUT2D eigenvalue weighted by molar-refractivity contribution is -0.0168. The molecule has 1 amide bonds. The van der Waals surface area contributed by atoms with Crippen molar-refractivity contribution in [3.05, 3.63) is 41.7 Å². The second-order valence-corrected chi connectivity index (χ2v) is 8.41.